The normalized spacial score (nSPS) is 11.2. The lowest BCUT2D eigenvalue weighted by Gasteiger charge is -2.04. The SMILES string of the molecule is CC(=O)/C=C/c1c[nH]c2ncc(-c3cccc(C(C)=O)c3)cc12. The molecule has 0 saturated heterocycles. The van der Waals surface area contributed by atoms with Gasteiger partial charge in [0.2, 0.25) is 0 Å². The second kappa shape index (κ2) is 6.01. The highest BCUT2D eigenvalue weighted by Gasteiger charge is 2.07. The van der Waals surface area contributed by atoms with Gasteiger partial charge in [0, 0.05) is 34.5 Å². The number of Topliss-reactive ketones (excluding diaryl/α,β-unsaturated/α-hetero) is 1. The Morgan fingerprint density at radius 2 is 1.96 bits per heavy atom. The first-order valence-electron chi connectivity index (χ1n) is 7.32. The zero-order valence-corrected chi connectivity index (χ0v) is 13.0. The van der Waals surface area contributed by atoms with Crippen LogP contribution in [0.5, 0.6) is 0 Å². The van der Waals surface area contributed by atoms with Gasteiger partial charge in [-0.3, -0.25) is 9.59 Å². The summed E-state index contributed by atoms with van der Waals surface area (Å²) in [5, 5.41) is 0.938. The van der Waals surface area contributed by atoms with E-state index in [9.17, 15) is 9.59 Å². The van der Waals surface area contributed by atoms with Crippen LogP contribution in [0, 0.1) is 0 Å². The van der Waals surface area contributed by atoms with Crippen molar-refractivity contribution in [3.63, 3.8) is 0 Å². The molecule has 0 unspecified atom stereocenters. The molecule has 0 saturated carbocycles. The van der Waals surface area contributed by atoms with Crippen LogP contribution in [-0.4, -0.2) is 21.5 Å². The number of H-pyrrole nitrogens is 1. The fraction of sp³-hybridized carbons (Fsp3) is 0.105. The third kappa shape index (κ3) is 3.11. The van der Waals surface area contributed by atoms with Crippen LogP contribution < -0.4 is 0 Å². The van der Waals surface area contributed by atoms with Crippen LogP contribution in [0.15, 0.2) is 48.8 Å². The molecule has 4 heteroatoms. The number of ketones is 2. The van der Waals surface area contributed by atoms with Crippen LogP contribution >= 0.6 is 0 Å². The summed E-state index contributed by atoms with van der Waals surface area (Å²) < 4.78 is 0. The zero-order chi connectivity index (χ0) is 16.4. The third-order valence-corrected chi connectivity index (χ3v) is 3.66. The number of aromatic nitrogens is 2. The van der Waals surface area contributed by atoms with Crippen molar-refractivity contribution in [1.29, 1.82) is 0 Å². The number of allylic oxidation sites excluding steroid dienone is 1. The van der Waals surface area contributed by atoms with Gasteiger partial charge in [-0.1, -0.05) is 18.2 Å². The molecule has 0 radical (unpaired) electrons. The van der Waals surface area contributed by atoms with Crippen molar-refractivity contribution in [3.05, 3.63) is 59.9 Å². The van der Waals surface area contributed by atoms with Gasteiger partial charge in [0.15, 0.2) is 11.6 Å². The van der Waals surface area contributed by atoms with Crippen molar-refractivity contribution in [2.75, 3.05) is 0 Å². The zero-order valence-electron chi connectivity index (χ0n) is 13.0. The Hall–Kier alpha value is -3.01. The van der Waals surface area contributed by atoms with E-state index in [1.165, 1.54) is 13.0 Å². The van der Waals surface area contributed by atoms with Gasteiger partial charge in [-0.25, -0.2) is 4.98 Å². The van der Waals surface area contributed by atoms with Crippen molar-refractivity contribution in [2.24, 2.45) is 0 Å². The minimum atomic E-state index is -0.00220. The Labute approximate surface area is 133 Å². The van der Waals surface area contributed by atoms with Crippen molar-refractivity contribution < 1.29 is 9.59 Å². The van der Waals surface area contributed by atoms with Crippen LogP contribution in [0.2, 0.25) is 0 Å². The van der Waals surface area contributed by atoms with E-state index in [0.29, 0.717) is 5.56 Å². The molecule has 4 nitrogen and oxygen atoms in total. The average molecular weight is 304 g/mol. The number of carbonyl (C=O) groups excluding carboxylic acids is 2. The topological polar surface area (TPSA) is 62.8 Å². The number of hydrogen-bond acceptors (Lipinski definition) is 3. The smallest absolute Gasteiger partial charge is 0.159 e. The summed E-state index contributed by atoms with van der Waals surface area (Å²) in [7, 11) is 0. The summed E-state index contributed by atoms with van der Waals surface area (Å²) >= 11 is 0. The first-order chi connectivity index (χ1) is 11.0. The van der Waals surface area contributed by atoms with E-state index >= 15 is 0 Å². The number of pyridine rings is 1. The van der Waals surface area contributed by atoms with Crippen molar-refractivity contribution in [1.82, 2.24) is 9.97 Å². The van der Waals surface area contributed by atoms with E-state index in [1.54, 1.807) is 25.3 Å². The first-order valence-corrected chi connectivity index (χ1v) is 7.32. The molecule has 2 aromatic heterocycles. The highest BCUT2D eigenvalue weighted by Crippen LogP contribution is 2.26. The van der Waals surface area contributed by atoms with Crippen molar-refractivity contribution >= 4 is 28.7 Å². The predicted octanol–water partition coefficient (Wildman–Crippen LogP) is 4.03. The molecule has 2 heterocycles. The molecular weight excluding hydrogens is 288 g/mol. The molecule has 114 valence electrons. The molecule has 0 aliphatic rings. The number of benzene rings is 1. The highest BCUT2D eigenvalue weighted by atomic mass is 16.1. The summed E-state index contributed by atoms with van der Waals surface area (Å²) in [6.07, 6.45) is 6.91. The van der Waals surface area contributed by atoms with Gasteiger partial charge < -0.3 is 4.98 Å². The van der Waals surface area contributed by atoms with E-state index < -0.39 is 0 Å². The maximum absolute atomic E-state index is 11.5. The van der Waals surface area contributed by atoms with Crippen LogP contribution in [-0.2, 0) is 4.79 Å². The monoisotopic (exact) mass is 304 g/mol. The number of rotatable bonds is 4. The lowest BCUT2D eigenvalue weighted by atomic mass is 10.0. The summed E-state index contributed by atoms with van der Waals surface area (Å²) in [6.45, 7) is 3.07. The minimum Gasteiger partial charge on any atom is -0.346 e. The number of aromatic amines is 1. The molecule has 23 heavy (non-hydrogen) atoms. The van der Waals surface area contributed by atoms with Crippen LogP contribution in [0.25, 0.3) is 28.2 Å². The molecule has 3 aromatic rings. The number of carbonyl (C=O) groups is 2. The Bertz CT molecular complexity index is 935. The molecule has 1 N–H and O–H groups in total. The Kier molecular flexibility index (Phi) is 3.89. The van der Waals surface area contributed by atoms with E-state index in [4.69, 9.17) is 0 Å². The molecular formula is C19H16N2O2. The fourth-order valence-electron chi connectivity index (χ4n) is 2.44. The van der Waals surface area contributed by atoms with Crippen molar-refractivity contribution in [2.45, 2.75) is 13.8 Å². The maximum atomic E-state index is 11.5. The van der Waals surface area contributed by atoms with E-state index in [-0.39, 0.29) is 11.6 Å². The van der Waals surface area contributed by atoms with Crippen LogP contribution in [0.1, 0.15) is 29.8 Å². The van der Waals surface area contributed by atoms with Gasteiger partial charge in [0.05, 0.1) is 0 Å². The van der Waals surface area contributed by atoms with Crippen LogP contribution in [0.4, 0.5) is 0 Å². The quantitative estimate of drug-likeness (QED) is 0.584. The van der Waals surface area contributed by atoms with E-state index in [0.717, 1.165) is 27.7 Å². The summed E-state index contributed by atoms with van der Waals surface area (Å²) in [5.41, 5.74) is 4.22. The number of fused-ring (bicyclic) bond motifs is 1. The molecule has 1 aromatic carbocycles. The molecule has 0 spiro atoms. The summed E-state index contributed by atoms with van der Waals surface area (Å²) in [6, 6.07) is 9.49. The number of nitrogens with zero attached hydrogens (tertiary/aromatic N) is 1. The lowest BCUT2D eigenvalue weighted by Crippen LogP contribution is -1.92. The third-order valence-electron chi connectivity index (χ3n) is 3.66. The standard InChI is InChI=1S/C19H16N2O2/c1-12(22)6-7-16-10-20-19-18(16)9-17(11-21-19)15-5-3-4-14(8-15)13(2)23/h3-11H,1-2H3,(H,20,21)/b7-6+. The summed E-state index contributed by atoms with van der Waals surface area (Å²) in [5.74, 6) is 0.0326. The minimum absolute atomic E-state index is 0.00220. The van der Waals surface area contributed by atoms with Gasteiger partial charge in [0.1, 0.15) is 5.65 Å². The average Bonchev–Trinajstić information content (AvgIpc) is 2.95. The maximum Gasteiger partial charge on any atom is 0.159 e. The Morgan fingerprint density at radius 1 is 1.13 bits per heavy atom. The number of hydrogen-bond donors (Lipinski definition) is 1. The second-order valence-electron chi connectivity index (χ2n) is 5.45. The molecule has 0 bridgehead atoms. The van der Waals surface area contributed by atoms with E-state index in [2.05, 4.69) is 9.97 Å². The lowest BCUT2D eigenvalue weighted by molar-refractivity contribution is -0.112. The van der Waals surface area contributed by atoms with E-state index in [1.807, 2.05) is 30.5 Å². The molecule has 0 fully saturated rings. The molecule has 0 amide bonds. The molecule has 3 rings (SSSR count). The summed E-state index contributed by atoms with van der Waals surface area (Å²) in [4.78, 5) is 30.2. The predicted molar refractivity (Wildman–Crippen MR) is 91.2 cm³/mol. The second-order valence-corrected chi connectivity index (χ2v) is 5.45. The Balaban J connectivity index is 2.09. The largest absolute Gasteiger partial charge is 0.346 e. The van der Waals surface area contributed by atoms with Crippen LogP contribution in [0.3, 0.4) is 0 Å². The Morgan fingerprint density at radius 3 is 2.70 bits per heavy atom. The molecule has 0 aliphatic heterocycles. The fourth-order valence-corrected chi connectivity index (χ4v) is 2.44. The van der Waals surface area contributed by atoms with Crippen molar-refractivity contribution in [3.8, 4) is 11.1 Å². The molecule has 0 aliphatic carbocycles. The number of nitrogens with one attached hydrogen (secondary N) is 1. The highest BCUT2D eigenvalue weighted by molar-refractivity contribution is 5.97. The first kappa shape index (κ1) is 14.9. The molecule has 0 atom stereocenters. The van der Waals surface area contributed by atoms with Gasteiger partial charge in [0.25, 0.3) is 0 Å². The van der Waals surface area contributed by atoms with Gasteiger partial charge >= 0.3 is 0 Å². The van der Waals surface area contributed by atoms with Gasteiger partial charge in [-0.2, -0.15) is 0 Å². The van der Waals surface area contributed by atoms with Gasteiger partial charge in [-0.15, -0.1) is 0 Å². The van der Waals surface area contributed by atoms with Gasteiger partial charge in [-0.05, 0) is 43.7 Å².